The zero-order valence-corrected chi connectivity index (χ0v) is 22.8. The summed E-state index contributed by atoms with van der Waals surface area (Å²) >= 11 is 0. The van der Waals surface area contributed by atoms with Crippen molar-refractivity contribution in [3.8, 4) is 28.0 Å². The molecule has 3 aromatic carbocycles. The fourth-order valence-corrected chi connectivity index (χ4v) is 6.42. The fraction of sp³-hybridized carbons (Fsp3) is 0.294. The first kappa shape index (κ1) is 26.1. The second-order valence-corrected chi connectivity index (χ2v) is 11.0. The van der Waals surface area contributed by atoms with Crippen molar-refractivity contribution < 1.29 is 14.6 Å². The molecule has 1 atom stereocenters. The molecule has 1 heterocycles. The van der Waals surface area contributed by atoms with Crippen LogP contribution < -0.4 is 15.8 Å². The standard InChI is InChI=1S/C34H35N3O3/c1-40-25-18-22(19-36-20-25)26-7-4-8-30-28(27-5-2-3-6-29(27)33(26)30)15-9-21-10-16-31(34(35)39)32(17-21)37-23-11-13-24(38)14-12-23/h2-8,10,16-20,23-24,28,37-38H,9,11-15H2,1H3,(H2,35,39). The predicted octanol–water partition coefficient (Wildman–Crippen LogP) is 6.32. The quantitative estimate of drug-likeness (QED) is 0.246. The van der Waals surface area contributed by atoms with Crippen molar-refractivity contribution in [3.05, 3.63) is 101 Å². The Hall–Kier alpha value is -4.16. The van der Waals surface area contributed by atoms with Crippen LogP contribution in [0, 0.1) is 0 Å². The minimum Gasteiger partial charge on any atom is -0.495 e. The highest BCUT2D eigenvalue weighted by Gasteiger charge is 2.30. The van der Waals surface area contributed by atoms with E-state index in [9.17, 15) is 9.90 Å². The molecule has 6 nitrogen and oxygen atoms in total. The first-order valence-electron chi connectivity index (χ1n) is 14.1. The molecular weight excluding hydrogens is 498 g/mol. The van der Waals surface area contributed by atoms with Crippen LogP contribution in [0.3, 0.4) is 0 Å². The van der Waals surface area contributed by atoms with Gasteiger partial charge in [0.25, 0.3) is 5.91 Å². The summed E-state index contributed by atoms with van der Waals surface area (Å²) in [5.41, 5.74) is 15.6. The Balaban J connectivity index is 1.29. The lowest BCUT2D eigenvalue weighted by molar-refractivity contribution is 0.100. The normalized spacial score (nSPS) is 19.5. The fourth-order valence-electron chi connectivity index (χ4n) is 6.42. The van der Waals surface area contributed by atoms with E-state index in [0.29, 0.717) is 5.56 Å². The van der Waals surface area contributed by atoms with Gasteiger partial charge in [0.2, 0.25) is 0 Å². The molecular formula is C34H35N3O3. The van der Waals surface area contributed by atoms with Crippen LogP contribution in [0.5, 0.6) is 5.75 Å². The van der Waals surface area contributed by atoms with E-state index in [2.05, 4.69) is 58.8 Å². The largest absolute Gasteiger partial charge is 0.495 e. The molecule has 0 radical (unpaired) electrons. The van der Waals surface area contributed by atoms with Crippen LogP contribution in [0.2, 0.25) is 0 Å². The predicted molar refractivity (Wildman–Crippen MR) is 159 cm³/mol. The van der Waals surface area contributed by atoms with E-state index < -0.39 is 5.91 Å². The number of primary amides is 1. The Morgan fingerprint density at radius 3 is 2.55 bits per heavy atom. The van der Waals surface area contributed by atoms with Crippen LogP contribution in [-0.4, -0.2) is 35.3 Å². The molecule has 6 rings (SSSR count). The second kappa shape index (κ2) is 11.1. The molecule has 204 valence electrons. The van der Waals surface area contributed by atoms with Gasteiger partial charge >= 0.3 is 0 Å². The van der Waals surface area contributed by atoms with E-state index in [-0.39, 0.29) is 18.1 Å². The maximum Gasteiger partial charge on any atom is 0.250 e. The number of hydrogen-bond donors (Lipinski definition) is 3. The third-order valence-corrected chi connectivity index (χ3v) is 8.46. The Morgan fingerprint density at radius 1 is 0.975 bits per heavy atom. The number of aliphatic hydroxyl groups is 1. The van der Waals surface area contributed by atoms with Crippen molar-refractivity contribution in [2.45, 2.75) is 56.6 Å². The maximum atomic E-state index is 12.2. The van der Waals surface area contributed by atoms with Crippen LogP contribution in [0.4, 0.5) is 5.69 Å². The van der Waals surface area contributed by atoms with Gasteiger partial charge in [-0.25, -0.2) is 0 Å². The number of nitrogens with one attached hydrogen (secondary N) is 1. The summed E-state index contributed by atoms with van der Waals surface area (Å²) in [6.07, 6.45) is 8.51. The molecule has 4 N–H and O–H groups in total. The number of aliphatic hydroxyl groups excluding tert-OH is 1. The molecule has 1 saturated carbocycles. The summed E-state index contributed by atoms with van der Waals surface area (Å²) in [5, 5.41) is 13.4. The van der Waals surface area contributed by atoms with Gasteiger partial charge in [0.1, 0.15) is 5.75 Å². The van der Waals surface area contributed by atoms with Gasteiger partial charge in [0.15, 0.2) is 0 Å². The van der Waals surface area contributed by atoms with Gasteiger partial charge < -0.3 is 20.9 Å². The van der Waals surface area contributed by atoms with E-state index in [4.69, 9.17) is 10.5 Å². The van der Waals surface area contributed by atoms with E-state index in [1.165, 1.54) is 27.8 Å². The summed E-state index contributed by atoms with van der Waals surface area (Å²) in [6, 6.07) is 23.5. The lowest BCUT2D eigenvalue weighted by atomic mass is 9.89. The van der Waals surface area contributed by atoms with Crippen molar-refractivity contribution in [1.29, 1.82) is 0 Å². The summed E-state index contributed by atoms with van der Waals surface area (Å²) in [6.45, 7) is 0. The van der Waals surface area contributed by atoms with Crippen LogP contribution in [0.15, 0.2) is 79.1 Å². The maximum absolute atomic E-state index is 12.2. The topological polar surface area (TPSA) is 97.5 Å². The number of amides is 1. The van der Waals surface area contributed by atoms with Crippen LogP contribution in [-0.2, 0) is 6.42 Å². The van der Waals surface area contributed by atoms with E-state index in [0.717, 1.165) is 61.1 Å². The number of hydrogen-bond acceptors (Lipinski definition) is 5. The average Bonchev–Trinajstić information content (AvgIpc) is 3.31. The molecule has 0 saturated heterocycles. The molecule has 6 heteroatoms. The Labute approximate surface area is 235 Å². The van der Waals surface area contributed by atoms with Crippen LogP contribution in [0.25, 0.3) is 22.3 Å². The number of ether oxygens (including phenoxy) is 1. The highest BCUT2D eigenvalue weighted by Crippen LogP contribution is 2.50. The zero-order valence-electron chi connectivity index (χ0n) is 22.8. The highest BCUT2D eigenvalue weighted by atomic mass is 16.5. The molecule has 1 amide bonds. The van der Waals surface area contributed by atoms with Gasteiger partial charge in [-0.3, -0.25) is 9.78 Å². The minimum atomic E-state index is -0.428. The number of carbonyl (C=O) groups is 1. The molecule has 0 aliphatic heterocycles. The number of nitrogens with zero attached hydrogens (tertiary/aromatic N) is 1. The number of aryl methyl sites for hydroxylation is 1. The van der Waals surface area contributed by atoms with Gasteiger partial charge in [0.05, 0.1) is 25.0 Å². The van der Waals surface area contributed by atoms with Crippen molar-refractivity contribution in [3.63, 3.8) is 0 Å². The Bertz CT molecular complexity index is 1540. The molecule has 4 aromatic rings. The second-order valence-electron chi connectivity index (χ2n) is 11.0. The Morgan fingerprint density at radius 2 is 1.75 bits per heavy atom. The van der Waals surface area contributed by atoms with Gasteiger partial charge in [-0.1, -0.05) is 48.5 Å². The summed E-state index contributed by atoms with van der Waals surface area (Å²) in [5.74, 6) is 0.575. The van der Waals surface area contributed by atoms with Crippen molar-refractivity contribution >= 4 is 11.6 Å². The first-order chi connectivity index (χ1) is 19.5. The number of carbonyl (C=O) groups excluding carboxylic acids is 1. The minimum absolute atomic E-state index is 0.224. The summed E-state index contributed by atoms with van der Waals surface area (Å²) in [7, 11) is 1.66. The van der Waals surface area contributed by atoms with Crippen molar-refractivity contribution in [2.75, 3.05) is 12.4 Å². The van der Waals surface area contributed by atoms with Gasteiger partial charge in [-0.05, 0) is 90.1 Å². The highest BCUT2D eigenvalue weighted by molar-refractivity contribution is 5.98. The smallest absolute Gasteiger partial charge is 0.250 e. The number of methoxy groups -OCH3 is 1. The molecule has 1 unspecified atom stereocenters. The van der Waals surface area contributed by atoms with Gasteiger partial charge in [-0.2, -0.15) is 0 Å². The SMILES string of the molecule is COc1cncc(-c2cccc3c2-c2ccccc2C3CCc2ccc(C(N)=O)c(NC3CCC(O)CC3)c2)c1. The summed E-state index contributed by atoms with van der Waals surface area (Å²) < 4.78 is 5.45. The average molecular weight is 534 g/mol. The van der Waals surface area contributed by atoms with Crippen molar-refractivity contribution in [1.82, 2.24) is 4.98 Å². The molecule has 1 fully saturated rings. The van der Waals surface area contributed by atoms with Crippen LogP contribution in [0.1, 0.15) is 65.1 Å². The number of nitrogens with two attached hydrogens (primary N) is 1. The zero-order chi connectivity index (χ0) is 27.6. The molecule has 0 spiro atoms. The number of fused-ring (bicyclic) bond motifs is 3. The molecule has 1 aromatic heterocycles. The lowest BCUT2D eigenvalue weighted by Crippen LogP contribution is -2.29. The molecule has 0 bridgehead atoms. The summed E-state index contributed by atoms with van der Waals surface area (Å²) in [4.78, 5) is 16.6. The van der Waals surface area contributed by atoms with Crippen molar-refractivity contribution in [2.24, 2.45) is 5.73 Å². The lowest BCUT2D eigenvalue weighted by Gasteiger charge is -2.28. The van der Waals surface area contributed by atoms with E-state index in [1.54, 1.807) is 13.3 Å². The Kier molecular flexibility index (Phi) is 7.27. The first-order valence-corrected chi connectivity index (χ1v) is 14.1. The molecule has 2 aliphatic carbocycles. The number of anilines is 1. The number of benzene rings is 3. The number of pyridine rings is 1. The van der Waals surface area contributed by atoms with E-state index in [1.807, 2.05) is 24.4 Å². The third-order valence-electron chi connectivity index (χ3n) is 8.46. The monoisotopic (exact) mass is 533 g/mol. The number of rotatable bonds is 8. The van der Waals surface area contributed by atoms with E-state index >= 15 is 0 Å². The number of aromatic nitrogens is 1. The third kappa shape index (κ3) is 5.07. The van der Waals surface area contributed by atoms with Crippen LogP contribution >= 0.6 is 0 Å². The van der Waals surface area contributed by atoms with Gasteiger partial charge in [0, 0.05) is 29.4 Å². The van der Waals surface area contributed by atoms with Gasteiger partial charge in [-0.15, -0.1) is 0 Å². The molecule has 40 heavy (non-hydrogen) atoms. The molecule has 2 aliphatic rings.